The second-order valence-corrected chi connectivity index (χ2v) is 9.78. The van der Waals surface area contributed by atoms with Gasteiger partial charge in [-0.15, -0.1) is 0 Å². The summed E-state index contributed by atoms with van der Waals surface area (Å²) in [4.78, 5) is 12.9. The maximum atomic E-state index is 13.4. The lowest BCUT2D eigenvalue weighted by Gasteiger charge is -2.26. The van der Waals surface area contributed by atoms with E-state index in [1.165, 1.54) is 4.31 Å². The summed E-state index contributed by atoms with van der Waals surface area (Å²) in [5.41, 5.74) is 3.36. The molecule has 0 aromatic heterocycles. The van der Waals surface area contributed by atoms with E-state index < -0.39 is 10.0 Å². The molecule has 3 aromatic rings. The summed E-state index contributed by atoms with van der Waals surface area (Å²) in [5.74, 6) is 0.461. The zero-order valence-electron chi connectivity index (χ0n) is 19.2. The molecule has 1 N–H and O–H groups in total. The normalized spacial score (nSPS) is 11.1. The van der Waals surface area contributed by atoms with Gasteiger partial charge >= 0.3 is 0 Å². The fraction of sp³-hybridized carbons (Fsp3) is 0.269. The van der Waals surface area contributed by atoms with Crippen molar-refractivity contribution in [3.63, 3.8) is 0 Å². The molecule has 0 aliphatic carbocycles. The third-order valence-corrected chi connectivity index (χ3v) is 7.15. The van der Waals surface area contributed by atoms with Crippen molar-refractivity contribution >= 4 is 21.6 Å². The molecule has 0 aliphatic heterocycles. The molecule has 1 amide bonds. The highest BCUT2D eigenvalue weighted by atomic mass is 32.2. The van der Waals surface area contributed by atoms with Crippen LogP contribution in [0.3, 0.4) is 0 Å². The molecule has 0 atom stereocenters. The highest BCUT2D eigenvalue weighted by Crippen LogP contribution is 2.27. The Bertz CT molecular complexity index is 1180. The molecule has 0 bridgehead atoms. The molecule has 3 rings (SSSR count). The van der Waals surface area contributed by atoms with Crippen molar-refractivity contribution < 1.29 is 17.9 Å². The monoisotopic (exact) mass is 466 g/mol. The van der Waals surface area contributed by atoms with Crippen LogP contribution in [-0.4, -0.2) is 34.5 Å². The Kier molecular flexibility index (Phi) is 8.11. The number of rotatable bonds is 10. The molecule has 0 aliphatic rings. The second kappa shape index (κ2) is 11.0. The van der Waals surface area contributed by atoms with Crippen molar-refractivity contribution in [2.75, 3.05) is 24.5 Å². The van der Waals surface area contributed by atoms with Crippen LogP contribution in [0.4, 0.5) is 5.69 Å². The van der Waals surface area contributed by atoms with E-state index in [1.54, 1.807) is 43.5 Å². The molecule has 0 unspecified atom stereocenters. The van der Waals surface area contributed by atoms with Crippen molar-refractivity contribution in [1.29, 1.82) is 0 Å². The van der Waals surface area contributed by atoms with E-state index in [1.807, 2.05) is 50.2 Å². The number of sulfonamides is 1. The van der Waals surface area contributed by atoms with Crippen LogP contribution in [0, 0.1) is 13.8 Å². The largest absolute Gasteiger partial charge is 0.497 e. The molecule has 7 heteroatoms. The third-order valence-electron chi connectivity index (χ3n) is 5.38. The predicted octanol–water partition coefficient (Wildman–Crippen LogP) is 4.26. The molecule has 6 nitrogen and oxygen atoms in total. The van der Waals surface area contributed by atoms with E-state index in [0.717, 1.165) is 35.3 Å². The van der Waals surface area contributed by atoms with Gasteiger partial charge in [-0.3, -0.25) is 9.10 Å². The van der Waals surface area contributed by atoms with Crippen LogP contribution in [0.1, 0.15) is 23.1 Å². The van der Waals surface area contributed by atoms with E-state index in [9.17, 15) is 13.2 Å². The first-order valence-electron chi connectivity index (χ1n) is 10.9. The van der Waals surface area contributed by atoms with Gasteiger partial charge in [0.05, 0.1) is 17.7 Å². The molecule has 174 valence electrons. The number of hydrogen-bond donors (Lipinski definition) is 1. The molecule has 0 saturated carbocycles. The van der Waals surface area contributed by atoms with Crippen molar-refractivity contribution in [2.24, 2.45) is 0 Å². The Labute approximate surface area is 196 Å². The Morgan fingerprint density at radius 1 is 0.970 bits per heavy atom. The zero-order valence-corrected chi connectivity index (χ0v) is 20.1. The number of nitrogens with one attached hydrogen (secondary N) is 1. The number of benzene rings is 3. The van der Waals surface area contributed by atoms with Crippen LogP contribution in [0.2, 0.25) is 0 Å². The van der Waals surface area contributed by atoms with Crippen LogP contribution < -0.4 is 14.4 Å². The lowest BCUT2D eigenvalue weighted by atomic mass is 10.1. The summed E-state index contributed by atoms with van der Waals surface area (Å²) in [5, 5.41) is 2.86. The van der Waals surface area contributed by atoms with Gasteiger partial charge in [0.25, 0.3) is 10.0 Å². The van der Waals surface area contributed by atoms with Crippen molar-refractivity contribution in [3.8, 4) is 5.75 Å². The fourth-order valence-corrected chi connectivity index (χ4v) is 5.00. The van der Waals surface area contributed by atoms with Crippen LogP contribution >= 0.6 is 0 Å². The van der Waals surface area contributed by atoms with E-state index in [2.05, 4.69) is 5.32 Å². The maximum absolute atomic E-state index is 13.4. The number of methoxy groups -OCH3 is 1. The first kappa shape index (κ1) is 24.3. The molecular weight excluding hydrogens is 436 g/mol. The molecule has 0 heterocycles. The van der Waals surface area contributed by atoms with E-state index in [0.29, 0.717) is 12.2 Å². The summed E-state index contributed by atoms with van der Waals surface area (Å²) in [6, 6.07) is 21.6. The smallest absolute Gasteiger partial charge is 0.264 e. The van der Waals surface area contributed by atoms with Gasteiger partial charge in [-0.25, -0.2) is 8.42 Å². The molecular formula is C26H30N2O4S. The van der Waals surface area contributed by atoms with Gasteiger partial charge in [-0.2, -0.15) is 0 Å². The number of aryl methyl sites for hydroxylation is 3. The number of carbonyl (C=O) groups is 1. The van der Waals surface area contributed by atoms with Crippen molar-refractivity contribution in [1.82, 2.24) is 5.32 Å². The van der Waals surface area contributed by atoms with Gasteiger partial charge < -0.3 is 10.1 Å². The number of hydrogen-bond acceptors (Lipinski definition) is 4. The SMILES string of the molecule is COc1ccc(CCCNC(=O)CN(c2cc(C)ccc2C)S(=O)(=O)c2ccccc2)cc1. The fourth-order valence-electron chi connectivity index (χ4n) is 3.51. The molecule has 33 heavy (non-hydrogen) atoms. The summed E-state index contributed by atoms with van der Waals surface area (Å²) < 4.78 is 33.2. The summed E-state index contributed by atoms with van der Waals surface area (Å²) in [6.07, 6.45) is 1.54. The van der Waals surface area contributed by atoms with Crippen LogP contribution in [-0.2, 0) is 21.2 Å². The standard InChI is InChI=1S/C26H30N2O4S/c1-20-11-12-21(2)25(18-20)28(33(30,31)24-9-5-4-6-10-24)19-26(29)27-17-7-8-22-13-15-23(32-3)16-14-22/h4-6,9-16,18H,7-8,17,19H2,1-3H3,(H,27,29). The summed E-state index contributed by atoms with van der Waals surface area (Å²) >= 11 is 0. The molecule has 0 spiro atoms. The van der Waals surface area contributed by atoms with Gasteiger partial charge in [0.15, 0.2) is 0 Å². The number of nitrogens with zero attached hydrogens (tertiary/aromatic N) is 1. The van der Waals surface area contributed by atoms with E-state index in [-0.39, 0.29) is 17.3 Å². The quantitative estimate of drug-likeness (QED) is 0.453. The number of carbonyl (C=O) groups excluding carboxylic acids is 1. The minimum absolute atomic E-state index is 0.151. The minimum Gasteiger partial charge on any atom is -0.497 e. The average Bonchev–Trinajstić information content (AvgIpc) is 2.83. The van der Waals surface area contributed by atoms with Gasteiger partial charge in [0.1, 0.15) is 12.3 Å². The maximum Gasteiger partial charge on any atom is 0.264 e. The highest BCUT2D eigenvalue weighted by molar-refractivity contribution is 7.92. The Hall–Kier alpha value is -3.32. The number of amides is 1. The second-order valence-electron chi connectivity index (χ2n) is 7.92. The Balaban J connectivity index is 1.70. The highest BCUT2D eigenvalue weighted by Gasteiger charge is 2.28. The Morgan fingerprint density at radius 2 is 1.67 bits per heavy atom. The van der Waals surface area contributed by atoms with Gasteiger partial charge in [0.2, 0.25) is 5.91 Å². The van der Waals surface area contributed by atoms with Gasteiger partial charge in [-0.1, -0.05) is 42.5 Å². The Morgan fingerprint density at radius 3 is 2.33 bits per heavy atom. The lowest BCUT2D eigenvalue weighted by Crippen LogP contribution is -2.41. The van der Waals surface area contributed by atoms with Crippen LogP contribution in [0.25, 0.3) is 0 Å². The van der Waals surface area contributed by atoms with E-state index in [4.69, 9.17) is 4.74 Å². The van der Waals surface area contributed by atoms with E-state index >= 15 is 0 Å². The van der Waals surface area contributed by atoms with Gasteiger partial charge in [0, 0.05) is 6.54 Å². The molecule has 0 radical (unpaired) electrons. The van der Waals surface area contributed by atoms with Gasteiger partial charge in [-0.05, 0) is 73.7 Å². The third kappa shape index (κ3) is 6.35. The lowest BCUT2D eigenvalue weighted by molar-refractivity contribution is -0.119. The molecule has 0 fully saturated rings. The molecule has 0 saturated heterocycles. The summed E-state index contributed by atoms with van der Waals surface area (Å²) in [6.45, 7) is 3.91. The van der Waals surface area contributed by atoms with Crippen molar-refractivity contribution in [2.45, 2.75) is 31.6 Å². The first-order valence-corrected chi connectivity index (χ1v) is 12.3. The van der Waals surface area contributed by atoms with Crippen LogP contribution in [0.15, 0.2) is 77.7 Å². The molecule has 3 aromatic carbocycles. The number of anilines is 1. The van der Waals surface area contributed by atoms with Crippen LogP contribution in [0.5, 0.6) is 5.75 Å². The zero-order chi connectivity index (χ0) is 23.8. The van der Waals surface area contributed by atoms with Crippen molar-refractivity contribution in [3.05, 3.63) is 89.5 Å². The summed E-state index contributed by atoms with van der Waals surface area (Å²) in [7, 11) is -2.28. The first-order chi connectivity index (χ1) is 15.8. The number of ether oxygens (including phenoxy) is 1. The topological polar surface area (TPSA) is 75.7 Å². The predicted molar refractivity (Wildman–Crippen MR) is 131 cm³/mol. The minimum atomic E-state index is -3.91. The average molecular weight is 467 g/mol.